The highest BCUT2D eigenvalue weighted by Crippen LogP contribution is 2.26. The van der Waals surface area contributed by atoms with Crippen molar-refractivity contribution in [3.05, 3.63) is 89.2 Å². The Morgan fingerprint density at radius 2 is 1.67 bits per heavy atom. The molecular formula is C26H28N2O2. The van der Waals surface area contributed by atoms with Gasteiger partial charge in [0.05, 0.1) is 0 Å². The van der Waals surface area contributed by atoms with Crippen LogP contribution in [0.25, 0.3) is 0 Å². The van der Waals surface area contributed by atoms with Crippen LogP contribution in [0, 0.1) is 0 Å². The maximum Gasteiger partial charge on any atom is 0.265 e. The molecule has 1 aliphatic carbocycles. The van der Waals surface area contributed by atoms with Gasteiger partial charge in [0.25, 0.3) is 5.91 Å². The first-order valence-electron chi connectivity index (χ1n) is 10.8. The summed E-state index contributed by atoms with van der Waals surface area (Å²) < 4.78 is 6.05. The second-order valence-electron chi connectivity index (χ2n) is 7.87. The third-order valence-electron chi connectivity index (χ3n) is 5.64. The summed E-state index contributed by atoms with van der Waals surface area (Å²) in [6, 6.07) is 18.3. The van der Waals surface area contributed by atoms with E-state index in [1.54, 1.807) is 12.4 Å². The van der Waals surface area contributed by atoms with Crippen molar-refractivity contribution in [2.45, 2.75) is 51.6 Å². The van der Waals surface area contributed by atoms with E-state index in [1.165, 1.54) is 35.1 Å². The van der Waals surface area contributed by atoms with Gasteiger partial charge in [0, 0.05) is 18.1 Å². The highest BCUT2D eigenvalue weighted by Gasteiger charge is 2.19. The average Bonchev–Trinajstić information content (AvgIpc) is 2.79. The summed E-state index contributed by atoms with van der Waals surface area (Å²) in [6.45, 7) is 1.97. The van der Waals surface area contributed by atoms with E-state index in [4.69, 9.17) is 4.74 Å². The number of aromatic nitrogens is 1. The van der Waals surface area contributed by atoms with E-state index in [0.717, 1.165) is 30.7 Å². The summed E-state index contributed by atoms with van der Waals surface area (Å²) in [7, 11) is 0. The van der Waals surface area contributed by atoms with Gasteiger partial charge in [-0.15, -0.1) is 0 Å². The van der Waals surface area contributed by atoms with Crippen LogP contribution in [0.4, 0.5) is 5.69 Å². The number of hydrogen-bond donors (Lipinski definition) is 1. The van der Waals surface area contributed by atoms with Crippen molar-refractivity contribution in [1.82, 2.24) is 4.98 Å². The van der Waals surface area contributed by atoms with E-state index in [2.05, 4.69) is 22.4 Å². The van der Waals surface area contributed by atoms with Crippen molar-refractivity contribution in [3.8, 4) is 5.75 Å². The van der Waals surface area contributed by atoms with Gasteiger partial charge in [-0.2, -0.15) is 0 Å². The Hall–Kier alpha value is -3.14. The number of pyridine rings is 1. The molecular weight excluding hydrogens is 372 g/mol. The average molecular weight is 401 g/mol. The molecule has 1 amide bonds. The number of benzene rings is 2. The molecule has 1 aliphatic rings. The number of nitrogens with one attached hydrogen (secondary N) is 1. The number of nitrogens with zero attached hydrogens (tertiary/aromatic N) is 1. The van der Waals surface area contributed by atoms with Gasteiger partial charge in [-0.25, -0.2) is 0 Å². The molecule has 0 saturated carbocycles. The van der Waals surface area contributed by atoms with Crippen molar-refractivity contribution >= 4 is 11.6 Å². The number of carbonyl (C=O) groups excluding carboxylic acids is 1. The van der Waals surface area contributed by atoms with Crippen molar-refractivity contribution in [2.24, 2.45) is 0 Å². The van der Waals surface area contributed by atoms with E-state index in [0.29, 0.717) is 6.42 Å². The molecule has 30 heavy (non-hydrogen) atoms. The Labute approximate surface area is 178 Å². The highest BCUT2D eigenvalue weighted by molar-refractivity contribution is 5.94. The van der Waals surface area contributed by atoms with Crippen LogP contribution in [-0.4, -0.2) is 17.0 Å². The zero-order valence-electron chi connectivity index (χ0n) is 17.4. The van der Waals surface area contributed by atoms with Crippen molar-refractivity contribution in [2.75, 3.05) is 5.32 Å². The number of ether oxygens (including phenoxy) is 1. The fraction of sp³-hybridized carbons (Fsp3) is 0.308. The van der Waals surface area contributed by atoms with Crippen LogP contribution in [0.3, 0.4) is 0 Å². The number of hydrogen-bond acceptors (Lipinski definition) is 3. The molecule has 0 spiro atoms. The van der Waals surface area contributed by atoms with Crippen molar-refractivity contribution in [3.63, 3.8) is 0 Å². The second-order valence-corrected chi connectivity index (χ2v) is 7.87. The molecule has 1 heterocycles. The van der Waals surface area contributed by atoms with Crippen LogP contribution in [-0.2, 0) is 24.1 Å². The first kappa shape index (κ1) is 20.1. The van der Waals surface area contributed by atoms with E-state index in [-0.39, 0.29) is 5.91 Å². The number of carbonyl (C=O) groups is 1. The fourth-order valence-corrected chi connectivity index (χ4v) is 3.93. The summed E-state index contributed by atoms with van der Waals surface area (Å²) in [5, 5.41) is 2.99. The predicted octanol–water partition coefficient (Wildman–Crippen LogP) is 5.35. The third-order valence-corrected chi connectivity index (χ3v) is 5.64. The largest absolute Gasteiger partial charge is 0.481 e. The van der Waals surface area contributed by atoms with Gasteiger partial charge in [0.1, 0.15) is 5.75 Å². The lowest BCUT2D eigenvalue weighted by Gasteiger charge is -2.20. The lowest BCUT2D eigenvalue weighted by atomic mass is 9.92. The van der Waals surface area contributed by atoms with Gasteiger partial charge >= 0.3 is 0 Å². The summed E-state index contributed by atoms with van der Waals surface area (Å²) in [6.07, 6.45) is 9.28. The van der Waals surface area contributed by atoms with Crippen LogP contribution in [0.5, 0.6) is 5.75 Å². The molecule has 0 radical (unpaired) electrons. The second kappa shape index (κ2) is 9.57. The van der Waals surface area contributed by atoms with Gasteiger partial charge in [-0.1, -0.05) is 25.1 Å². The fourth-order valence-electron chi connectivity index (χ4n) is 3.93. The zero-order chi connectivity index (χ0) is 20.8. The Bertz CT molecular complexity index is 984. The normalized spacial score (nSPS) is 13.9. The van der Waals surface area contributed by atoms with Gasteiger partial charge < -0.3 is 10.1 Å². The molecule has 2 aromatic carbocycles. The Kier molecular flexibility index (Phi) is 6.43. The Balaban J connectivity index is 1.37. The minimum atomic E-state index is -0.511. The quantitative estimate of drug-likeness (QED) is 0.582. The van der Waals surface area contributed by atoms with Gasteiger partial charge in [0.2, 0.25) is 0 Å². The molecule has 0 fully saturated rings. The van der Waals surface area contributed by atoms with E-state index >= 15 is 0 Å². The van der Waals surface area contributed by atoms with E-state index in [1.807, 2.05) is 49.4 Å². The molecule has 1 N–H and O–H groups in total. The predicted molar refractivity (Wildman–Crippen MR) is 120 cm³/mol. The first-order chi connectivity index (χ1) is 14.7. The van der Waals surface area contributed by atoms with Crippen LogP contribution in [0.15, 0.2) is 67.0 Å². The molecule has 1 aromatic heterocycles. The summed E-state index contributed by atoms with van der Waals surface area (Å²) in [5.74, 6) is 0.669. The summed E-state index contributed by atoms with van der Waals surface area (Å²) in [5.41, 5.74) is 5.96. The number of anilines is 1. The van der Waals surface area contributed by atoms with Crippen LogP contribution >= 0.6 is 0 Å². The Morgan fingerprint density at radius 1 is 0.967 bits per heavy atom. The first-order valence-corrected chi connectivity index (χ1v) is 10.8. The van der Waals surface area contributed by atoms with Gasteiger partial charge in [0.15, 0.2) is 6.10 Å². The minimum absolute atomic E-state index is 0.114. The standard InChI is InChI=1S/C26H28N2O2/c1-2-25(30-24-12-9-21-5-3-4-6-22(21)18-24)26(29)28-23-10-7-19(8-11-23)17-20-13-15-27-16-14-20/h7-16,18,25H,2-6,17H2,1H3,(H,28,29)/t25-/m1/s1. The summed E-state index contributed by atoms with van der Waals surface area (Å²) >= 11 is 0. The van der Waals surface area contributed by atoms with Crippen molar-refractivity contribution < 1.29 is 9.53 Å². The molecule has 3 aromatic rings. The molecule has 154 valence electrons. The minimum Gasteiger partial charge on any atom is -0.481 e. The van der Waals surface area contributed by atoms with E-state index < -0.39 is 6.10 Å². The molecule has 0 saturated heterocycles. The lowest BCUT2D eigenvalue weighted by Crippen LogP contribution is -2.32. The Morgan fingerprint density at radius 3 is 2.40 bits per heavy atom. The monoisotopic (exact) mass is 400 g/mol. The molecule has 0 aliphatic heterocycles. The molecule has 4 nitrogen and oxygen atoms in total. The summed E-state index contributed by atoms with van der Waals surface area (Å²) in [4.78, 5) is 16.8. The molecule has 4 heteroatoms. The van der Waals surface area contributed by atoms with Crippen LogP contribution in [0.1, 0.15) is 48.4 Å². The van der Waals surface area contributed by atoms with Crippen LogP contribution in [0.2, 0.25) is 0 Å². The van der Waals surface area contributed by atoms with E-state index in [9.17, 15) is 4.79 Å². The number of rotatable bonds is 7. The van der Waals surface area contributed by atoms with Crippen LogP contribution < -0.4 is 10.1 Å². The SMILES string of the molecule is CC[C@@H](Oc1ccc2c(c1)CCCC2)C(=O)Nc1ccc(Cc2ccncc2)cc1. The van der Waals surface area contributed by atoms with Gasteiger partial charge in [-0.3, -0.25) is 9.78 Å². The molecule has 0 bridgehead atoms. The zero-order valence-corrected chi connectivity index (χ0v) is 17.4. The van der Waals surface area contributed by atoms with Gasteiger partial charge in [-0.05, 0) is 97.2 Å². The third kappa shape index (κ3) is 5.07. The molecule has 4 rings (SSSR count). The maximum absolute atomic E-state index is 12.8. The smallest absolute Gasteiger partial charge is 0.265 e. The maximum atomic E-state index is 12.8. The molecule has 1 atom stereocenters. The van der Waals surface area contributed by atoms with Crippen molar-refractivity contribution in [1.29, 1.82) is 0 Å². The number of fused-ring (bicyclic) bond motifs is 1. The molecule has 0 unspecified atom stereocenters. The topological polar surface area (TPSA) is 51.2 Å². The number of aryl methyl sites for hydroxylation is 2. The highest BCUT2D eigenvalue weighted by atomic mass is 16.5. The lowest BCUT2D eigenvalue weighted by molar-refractivity contribution is -0.122. The number of amides is 1.